The van der Waals surface area contributed by atoms with E-state index >= 15 is 0 Å². The first kappa shape index (κ1) is 20.0. The van der Waals surface area contributed by atoms with Crippen molar-refractivity contribution in [3.63, 3.8) is 0 Å². The lowest BCUT2D eigenvalue weighted by atomic mass is 10.0. The number of nitrogens with zero attached hydrogens (tertiary/aromatic N) is 1. The number of aryl methyl sites for hydroxylation is 1. The molecule has 4 rings (SSSR count). The Morgan fingerprint density at radius 2 is 1.67 bits per heavy atom. The third-order valence-corrected chi connectivity index (χ3v) is 6.50. The van der Waals surface area contributed by atoms with Crippen LogP contribution in [0, 0.1) is 0 Å². The predicted octanol–water partition coefficient (Wildman–Crippen LogP) is 4.09. The minimum atomic E-state index is -3.82. The summed E-state index contributed by atoms with van der Waals surface area (Å²) in [5, 5.41) is 0. The Kier molecular flexibility index (Phi) is 5.46. The number of benzene rings is 3. The number of amides is 1. The number of nitrogens with one attached hydrogen (secondary N) is 1. The lowest BCUT2D eigenvalue weighted by Crippen LogP contribution is -2.35. The lowest BCUT2D eigenvalue weighted by molar-refractivity contribution is 0.0985. The van der Waals surface area contributed by atoms with Crippen LogP contribution in [0.5, 0.6) is 5.75 Å². The number of anilines is 2. The van der Waals surface area contributed by atoms with Gasteiger partial charge in [0, 0.05) is 17.8 Å². The maximum Gasteiger partial charge on any atom is 0.262 e. The van der Waals surface area contributed by atoms with E-state index < -0.39 is 10.0 Å². The maximum atomic E-state index is 13.0. The summed E-state index contributed by atoms with van der Waals surface area (Å²) in [6.07, 6.45) is 1.85. The molecule has 1 heterocycles. The van der Waals surface area contributed by atoms with Crippen LogP contribution in [-0.2, 0) is 16.4 Å². The molecule has 3 aromatic rings. The van der Waals surface area contributed by atoms with Gasteiger partial charge in [-0.25, -0.2) is 8.42 Å². The molecule has 0 aromatic heterocycles. The van der Waals surface area contributed by atoms with Gasteiger partial charge in [0.15, 0.2) is 0 Å². The minimum Gasteiger partial charge on any atom is -0.495 e. The van der Waals surface area contributed by atoms with Crippen LogP contribution in [0.3, 0.4) is 0 Å². The fourth-order valence-corrected chi connectivity index (χ4v) is 4.68. The topological polar surface area (TPSA) is 75.7 Å². The van der Waals surface area contributed by atoms with Gasteiger partial charge in [-0.1, -0.05) is 30.3 Å². The van der Waals surface area contributed by atoms with Crippen molar-refractivity contribution in [2.75, 3.05) is 23.3 Å². The maximum absolute atomic E-state index is 13.0. The Hall–Kier alpha value is -3.32. The fourth-order valence-electron chi connectivity index (χ4n) is 3.61. The summed E-state index contributed by atoms with van der Waals surface area (Å²) in [5.74, 6) is 0.292. The molecular weight excluding hydrogens is 400 g/mol. The number of ether oxygens (including phenoxy) is 1. The van der Waals surface area contributed by atoms with Gasteiger partial charge in [0.05, 0.1) is 17.7 Å². The molecule has 7 heteroatoms. The van der Waals surface area contributed by atoms with Crippen molar-refractivity contribution in [3.8, 4) is 5.75 Å². The van der Waals surface area contributed by atoms with Gasteiger partial charge in [-0.3, -0.25) is 9.52 Å². The van der Waals surface area contributed by atoms with Crippen molar-refractivity contribution < 1.29 is 17.9 Å². The number of rotatable bonds is 5. The molecule has 1 aliphatic rings. The molecule has 0 radical (unpaired) electrons. The Bertz CT molecular complexity index is 1170. The van der Waals surface area contributed by atoms with Crippen LogP contribution >= 0.6 is 0 Å². The van der Waals surface area contributed by atoms with Gasteiger partial charge in [-0.05, 0) is 60.9 Å². The number of methoxy groups -OCH3 is 1. The van der Waals surface area contributed by atoms with Crippen LogP contribution in [-0.4, -0.2) is 28.0 Å². The van der Waals surface area contributed by atoms with Crippen molar-refractivity contribution in [2.45, 2.75) is 17.7 Å². The second-order valence-electron chi connectivity index (χ2n) is 7.02. The van der Waals surface area contributed by atoms with Gasteiger partial charge in [-0.15, -0.1) is 0 Å². The number of para-hydroxylation sites is 3. The van der Waals surface area contributed by atoms with E-state index in [9.17, 15) is 13.2 Å². The van der Waals surface area contributed by atoms with Gasteiger partial charge in [0.25, 0.3) is 15.9 Å². The van der Waals surface area contributed by atoms with E-state index in [4.69, 9.17) is 4.74 Å². The number of hydrogen-bond donors (Lipinski definition) is 1. The third-order valence-electron chi connectivity index (χ3n) is 5.12. The average Bonchev–Trinajstić information content (AvgIpc) is 2.78. The molecule has 1 N–H and O–H groups in total. The van der Waals surface area contributed by atoms with Crippen LogP contribution in [0.2, 0.25) is 0 Å². The van der Waals surface area contributed by atoms with Crippen LogP contribution in [0.4, 0.5) is 11.4 Å². The van der Waals surface area contributed by atoms with Crippen molar-refractivity contribution in [1.29, 1.82) is 0 Å². The number of carbonyl (C=O) groups excluding carboxylic acids is 1. The van der Waals surface area contributed by atoms with E-state index in [1.807, 2.05) is 24.3 Å². The van der Waals surface area contributed by atoms with Crippen LogP contribution in [0.15, 0.2) is 77.7 Å². The van der Waals surface area contributed by atoms with E-state index in [1.54, 1.807) is 41.3 Å². The highest BCUT2D eigenvalue weighted by Crippen LogP contribution is 2.29. The van der Waals surface area contributed by atoms with E-state index in [-0.39, 0.29) is 10.8 Å². The second kappa shape index (κ2) is 8.20. The first-order valence-corrected chi connectivity index (χ1v) is 11.1. The molecule has 3 aromatic carbocycles. The summed E-state index contributed by atoms with van der Waals surface area (Å²) in [5.41, 5.74) is 2.87. The first-order chi connectivity index (χ1) is 14.5. The van der Waals surface area contributed by atoms with Crippen LogP contribution in [0.25, 0.3) is 0 Å². The molecule has 0 spiro atoms. The monoisotopic (exact) mass is 422 g/mol. The number of hydrogen-bond acceptors (Lipinski definition) is 4. The summed E-state index contributed by atoms with van der Waals surface area (Å²) in [7, 11) is -2.34. The van der Waals surface area contributed by atoms with Gasteiger partial charge in [0.1, 0.15) is 5.75 Å². The quantitative estimate of drug-likeness (QED) is 0.672. The Morgan fingerprint density at radius 3 is 2.43 bits per heavy atom. The first-order valence-electron chi connectivity index (χ1n) is 9.65. The van der Waals surface area contributed by atoms with E-state index in [0.29, 0.717) is 23.5 Å². The number of sulfonamides is 1. The van der Waals surface area contributed by atoms with Crippen molar-refractivity contribution >= 4 is 27.3 Å². The molecule has 0 aliphatic carbocycles. The lowest BCUT2D eigenvalue weighted by Gasteiger charge is -2.29. The number of fused-ring (bicyclic) bond motifs is 1. The highest BCUT2D eigenvalue weighted by atomic mass is 32.2. The molecule has 154 valence electrons. The van der Waals surface area contributed by atoms with Gasteiger partial charge < -0.3 is 9.64 Å². The second-order valence-corrected chi connectivity index (χ2v) is 8.70. The molecule has 0 fully saturated rings. The smallest absolute Gasteiger partial charge is 0.262 e. The summed E-state index contributed by atoms with van der Waals surface area (Å²) in [6, 6.07) is 20.7. The van der Waals surface area contributed by atoms with Crippen molar-refractivity contribution in [2.24, 2.45) is 0 Å². The van der Waals surface area contributed by atoms with Crippen molar-refractivity contribution in [1.82, 2.24) is 0 Å². The van der Waals surface area contributed by atoms with Gasteiger partial charge in [-0.2, -0.15) is 0 Å². The molecule has 0 unspecified atom stereocenters. The highest BCUT2D eigenvalue weighted by molar-refractivity contribution is 7.92. The Morgan fingerprint density at radius 1 is 0.967 bits per heavy atom. The SMILES string of the molecule is COc1ccccc1NS(=O)(=O)c1ccc(C(=O)N2CCCc3ccccc32)cc1. The standard InChI is InChI=1S/C23H22N2O4S/c1-29-22-11-5-3-9-20(22)24-30(27,28)19-14-12-18(13-15-19)23(26)25-16-6-8-17-7-2-4-10-21(17)25/h2-5,7,9-15,24H,6,8,16H2,1H3. The summed E-state index contributed by atoms with van der Waals surface area (Å²) >= 11 is 0. The van der Waals surface area contributed by atoms with E-state index in [1.165, 1.54) is 19.2 Å². The zero-order chi connectivity index (χ0) is 21.1. The molecule has 0 bridgehead atoms. The van der Waals surface area contributed by atoms with Crippen LogP contribution < -0.4 is 14.4 Å². The third kappa shape index (κ3) is 3.89. The average molecular weight is 423 g/mol. The predicted molar refractivity (Wildman–Crippen MR) is 117 cm³/mol. The molecule has 30 heavy (non-hydrogen) atoms. The molecule has 0 saturated heterocycles. The molecule has 1 aliphatic heterocycles. The zero-order valence-electron chi connectivity index (χ0n) is 16.5. The largest absolute Gasteiger partial charge is 0.495 e. The van der Waals surface area contributed by atoms with Crippen molar-refractivity contribution in [3.05, 3.63) is 83.9 Å². The highest BCUT2D eigenvalue weighted by Gasteiger charge is 2.24. The summed E-state index contributed by atoms with van der Waals surface area (Å²) < 4.78 is 33.2. The minimum absolute atomic E-state index is 0.0731. The van der Waals surface area contributed by atoms with E-state index in [2.05, 4.69) is 4.72 Å². The summed E-state index contributed by atoms with van der Waals surface area (Å²) in [6.45, 7) is 0.644. The summed E-state index contributed by atoms with van der Waals surface area (Å²) in [4.78, 5) is 14.9. The Balaban J connectivity index is 1.56. The normalized spacial score (nSPS) is 13.4. The molecule has 0 atom stereocenters. The molecule has 1 amide bonds. The zero-order valence-corrected chi connectivity index (χ0v) is 17.4. The van der Waals surface area contributed by atoms with Gasteiger partial charge >= 0.3 is 0 Å². The fraction of sp³-hybridized carbons (Fsp3) is 0.174. The number of carbonyl (C=O) groups is 1. The molecule has 0 saturated carbocycles. The van der Waals surface area contributed by atoms with Crippen LogP contribution in [0.1, 0.15) is 22.3 Å². The molecule has 6 nitrogen and oxygen atoms in total. The Labute approximate surface area is 176 Å². The van der Waals surface area contributed by atoms with E-state index in [0.717, 1.165) is 24.1 Å². The molecular formula is C23H22N2O4S. The van der Waals surface area contributed by atoms with Gasteiger partial charge in [0.2, 0.25) is 0 Å².